The number of carbonyl (C=O) groups excluding carboxylic acids is 4. The Labute approximate surface area is 292 Å². The van der Waals surface area contributed by atoms with Crippen LogP contribution in [0.3, 0.4) is 0 Å². The first-order valence-corrected chi connectivity index (χ1v) is 17.5. The number of allylic oxidation sites excluding steroid dienone is 1. The Kier molecular flexibility index (Phi) is 10.0. The van der Waals surface area contributed by atoms with Crippen LogP contribution in [0.2, 0.25) is 5.02 Å². The van der Waals surface area contributed by atoms with Gasteiger partial charge in [-0.05, 0) is 37.0 Å². The third-order valence-corrected chi connectivity index (χ3v) is 11.2. The van der Waals surface area contributed by atoms with Crippen molar-refractivity contribution >= 4 is 41.0 Å². The number of hydrogen-bond acceptors (Lipinski definition) is 7. The molecule has 9 atom stereocenters. The van der Waals surface area contributed by atoms with Gasteiger partial charge >= 0.3 is 5.97 Å². The SMILES string of the molecule is CC[C@H](C)[C@H](CO)N1C(=O)[C@H]2[C@@H]3C(=O)O[C@@H](c4ccccc4)[C@H](C)N(C)C(=O)CC/C=C\[C@@H]3O[C@]23C=CCN(c2ccccc2Cl)C(=O)[C@H]13. The van der Waals surface area contributed by atoms with Crippen molar-refractivity contribution in [2.75, 3.05) is 25.1 Å². The molecule has 2 saturated heterocycles. The second-order valence-electron chi connectivity index (χ2n) is 13.5. The van der Waals surface area contributed by atoms with E-state index in [1.54, 1.807) is 60.5 Å². The maximum Gasteiger partial charge on any atom is 0.313 e. The number of esters is 1. The number of carbonyl (C=O) groups is 4. The van der Waals surface area contributed by atoms with E-state index in [1.165, 1.54) is 9.80 Å². The highest BCUT2D eigenvalue weighted by atomic mass is 35.5. The lowest BCUT2D eigenvalue weighted by molar-refractivity contribution is -0.164. The predicted molar refractivity (Wildman–Crippen MR) is 184 cm³/mol. The summed E-state index contributed by atoms with van der Waals surface area (Å²) in [7, 11) is 1.70. The Morgan fingerprint density at radius 2 is 1.73 bits per heavy atom. The maximum atomic E-state index is 14.9. The fourth-order valence-corrected chi connectivity index (χ4v) is 8.12. The molecule has 2 aromatic rings. The first-order valence-electron chi connectivity index (χ1n) is 17.1. The van der Waals surface area contributed by atoms with Crippen LogP contribution in [0.4, 0.5) is 5.69 Å². The zero-order valence-corrected chi connectivity index (χ0v) is 29.0. The number of fused-ring (bicyclic) bond motifs is 2. The molecule has 0 bridgehead atoms. The number of nitrogens with zero attached hydrogens (tertiary/aromatic N) is 3. The molecule has 4 aliphatic heterocycles. The molecule has 6 rings (SSSR count). The molecule has 10 nitrogen and oxygen atoms in total. The summed E-state index contributed by atoms with van der Waals surface area (Å²) >= 11 is 6.60. The number of likely N-dealkylation sites (N-methyl/N-ethyl adjacent to an activating group) is 1. The highest BCUT2D eigenvalue weighted by molar-refractivity contribution is 6.34. The second kappa shape index (κ2) is 14.1. The number of hydrogen-bond donors (Lipinski definition) is 1. The van der Waals surface area contributed by atoms with E-state index in [9.17, 15) is 24.3 Å². The molecular formula is C38H44ClN3O7. The monoisotopic (exact) mass is 689 g/mol. The Morgan fingerprint density at radius 1 is 1.02 bits per heavy atom. The van der Waals surface area contributed by atoms with Crippen molar-refractivity contribution in [2.45, 2.75) is 76.0 Å². The van der Waals surface area contributed by atoms with Crippen molar-refractivity contribution in [2.24, 2.45) is 17.8 Å². The Balaban J connectivity index is 1.49. The fourth-order valence-electron chi connectivity index (χ4n) is 7.89. The Bertz CT molecular complexity index is 1650. The molecule has 0 saturated carbocycles. The fraction of sp³-hybridized carbons (Fsp3) is 0.474. The molecule has 11 heteroatoms. The Hall–Kier alpha value is -3.99. The highest BCUT2D eigenvalue weighted by Gasteiger charge is 2.73. The van der Waals surface area contributed by atoms with E-state index in [0.717, 1.165) is 0 Å². The van der Waals surface area contributed by atoms with Crippen LogP contribution in [0.5, 0.6) is 0 Å². The van der Waals surface area contributed by atoms with E-state index in [0.29, 0.717) is 29.1 Å². The number of ether oxygens (including phenoxy) is 2. The van der Waals surface area contributed by atoms with Crippen LogP contribution >= 0.6 is 11.6 Å². The van der Waals surface area contributed by atoms with Gasteiger partial charge in [-0.3, -0.25) is 19.2 Å². The molecule has 49 heavy (non-hydrogen) atoms. The molecule has 0 unspecified atom stereocenters. The van der Waals surface area contributed by atoms with Gasteiger partial charge in [-0.1, -0.05) is 98.6 Å². The maximum absolute atomic E-state index is 14.9. The number of anilines is 1. The van der Waals surface area contributed by atoms with Crippen LogP contribution in [-0.4, -0.2) is 88.6 Å². The van der Waals surface area contributed by atoms with E-state index >= 15 is 0 Å². The largest absolute Gasteiger partial charge is 0.455 e. The number of likely N-dealkylation sites (tertiary alicyclic amines) is 1. The highest BCUT2D eigenvalue weighted by Crippen LogP contribution is 2.54. The van der Waals surface area contributed by atoms with Gasteiger partial charge < -0.3 is 29.3 Å². The van der Waals surface area contributed by atoms with Gasteiger partial charge in [-0.15, -0.1) is 0 Å². The molecule has 4 heterocycles. The van der Waals surface area contributed by atoms with Gasteiger partial charge in [0.25, 0.3) is 5.91 Å². The summed E-state index contributed by atoms with van der Waals surface area (Å²) in [5, 5.41) is 11.1. The molecule has 0 aliphatic carbocycles. The summed E-state index contributed by atoms with van der Waals surface area (Å²) in [5.41, 5.74) is -0.368. The number of cyclic esters (lactones) is 1. The van der Waals surface area contributed by atoms with Gasteiger partial charge in [-0.25, -0.2) is 0 Å². The van der Waals surface area contributed by atoms with E-state index in [2.05, 4.69) is 0 Å². The summed E-state index contributed by atoms with van der Waals surface area (Å²) < 4.78 is 13.2. The van der Waals surface area contributed by atoms with E-state index in [4.69, 9.17) is 21.1 Å². The van der Waals surface area contributed by atoms with Gasteiger partial charge in [0.15, 0.2) is 0 Å². The van der Waals surface area contributed by atoms with Crippen molar-refractivity contribution < 1.29 is 33.8 Å². The number of amides is 3. The standard InChI is InChI=1S/C38H44ClN3O7/c1-5-23(2)28(22-43)42-34-36(46)41(27-17-10-9-16-26(27)39)21-13-20-38(34)32(35(42)45)31-29(49-38)18-11-12-19-30(44)40(4)24(3)33(48-37(31)47)25-14-7-6-8-15-25/h6-11,13-18,20,23-24,28-29,31-34,43H,5,12,19,21-22H2,1-4H3/b18-11-/t23-,24-,28-,29-,31+,32+,33+,34-,38+/m0/s1. The predicted octanol–water partition coefficient (Wildman–Crippen LogP) is 4.71. The smallest absolute Gasteiger partial charge is 0.313 e. The summed E-state index contributed by atoms with van der Waals surface area (Å²) in [6.45, 7) is 5.50. The minimum absolute atomic E-state index is 0.100. The molecule has 0 radical (unpaired) electrons. The Morgan fingerprint density at radius 3 is 2.43 bits per heavy atom. The van der Waals surface area contributed by atoms with Gasteiger partial charge in [0, 0.05) is 20.0 Å². The average Bonchev–Trinajstić information content (AvgIpc) is 3.49. The molecule has 4 aliphatic rings. The van der Waals surface area contributed by atoms with Crippen molar-refractivity contribution in [3.05, 3.63) is 89.5 Å². The van der Waals surface area contributed by atoms with E-state index in [-0.39, 0.29) is 31.4 Å². The van der Waals surface area contributed by atoms with Crippen molar-refractivity contribution in [3.8, 4) is 0 Å². The lowest BCUT2D eigenvalue weighted by atomic mass is 9.77. The van der Waals surface area contributed by atoms with Crippen LogP contribution in [0, 0.1) is 17.8 Å². The molecule has 3 amide bonds. The van der Waals surface area contributed by atoms with E-state index < -0.39 is 65.6 Å². The average molecular weight is 690 g/mol. The number of halogens is 1. The second-order valence-corrected chi connectivity index (χ2v) is 13.9. The van der Waals surface area contributed by atoms with Crippen LogP contribution in [-0.2, 0) is 28.7 Å². The van der Waals surface area contributed by atoms with Crippen molar-refractivity contribution in [1.82, 2.24) is 9.80 Å². The third kappa shape index (κ3) is 5.98. The van der Waals surface area contributed by atoms with Gasteiger partial charge in [0.05, 0.1) is 41.4 Å². The zero-order chi connectivity index (χ0) is 35.0. The molecule has 0 aromatic heterocycles. The van der Waals surface area contributed by atoms with Crippen LogP contribution < -0.4 is 4.90 Å². The first-order chi connectivity index (χ1) is 23.5. The first kappa shape index (κ1) is 34.9. The summed E-state index contributed by atoms with van der Waals surface area (Å²) in [6, 6.07) is 13.8. The normalized spacial score (nSPS) is 32.3. The lowest BCUT2D eigenvalue weighted by Crippen LogP contribution is -2.59. The molecule has 1 spiro atoms. The van der Waals surface area contributed by atoms with Crippen LogP contribution in [0.15, 0.2) is 78.9 Å². The van der Waals surface area contributed by atoms with Crippen molar-refractivity contribution in [3.63, 3.8) is 0 Å². The zero-order valence-electron chi connectivity index (χ0n) is 28.3. The third-order valence-electron chi connectivity index (χ3n) is 10.9. The summed E-state index contributed by atoms with van der Waals surface area (Å²) in [5.74, 6) is -4.05. The number of aliphatic hydroxyl groups is 1. The van der Waals surface area contributed by atoms with Crippen LogP contribution in [0.1, 0.15) is 51.7 Å². The van der Waals surface area contributed by atoms with Gasteiger partial charge in [-0.2, -0.15) is 0 Å². The van der Waals surface area contributed by atoms with E-state index in [1.807, 2.05) is 51.1 Å². The quantitative estimate of drug-likeness (QED) is 0.345. The molecule has 2 aromatic carbocycles. The topological polar surface area (TPSA) is 117 Å². The van der Waals surface area contributed by atoms with Gasteiger partial charge in [0.2, 0.25) is 11.8 Å². The number of benzene rings is 2. The van der Waals surface area contributed by atoms with Gasteiger partial charge in [0.1, 0.15) is 23.7 Å². The minimum Gasteiger partial charge on any atom is -0.455 e. The molecule has 260 valence electrons. The summed E-state index contributed by atoms with van der Waals surface area (Å²) in [4.78, 5) is 62.2. The molecule has 1 N–H and O–H groups in total. The number of aliphatic hydroxyl groups excluding tert-OH is 1. The van der Waals surface area contributed by atoms with Crippen LogP contribution in [0.25, 0.3) is 0 Å². The van der Waals surface area contributed by atoms with Crippen molar-refractivity contribution in [1.29, 1.82) is 0 Å². The number of rotatable bonds is 6. The molecular weight excluding hydrogens is 646 g/mol. The number of para-hydroxylation sites is 1. The minimum atomic E-state index is -1.55. The lowest BCUT2D eigenvalue weighted by Gasteiger charge is -2.40. The molecule has 2 fully saturated rings. The summed E-state index contributed by atoms with van der Waals surface area (Å²) in [6.07, 6.45) is 6.55.